The molecule has 0 atom stereocenters. The predicted octanol–water partition coefficient (Wildman–Crippen LogP) is 1.70. The molecule has 0 saturated heterocycles. The topological polar surface area (TPSA) is 81.3 Å². The number of carbonyl (C=O) groups excluding carboxylic acids is 1. The van der Waals surface area contributed by atoms with Gasteiger partial charge in [-0.2, -0.15) is 0 Å². The molecule has 2 heterocycles. The van der Waals surface area contributed by atoms with Gasteiger partial charge in [0, 0.05) is 18.4 Å². The van der Waals surface area contributed by atoms with Gasteiger partial charge in [0.05, 0.1) is 12.3 Å². The first-order valence-corrected chi connectivity index (χ1v) is 9.03. The average Bonchev–Trinajstić information content (AvgIpc) is 3.01. The molecule has 26 heavy (non-hydrogen) atoms. The number of hydrogen-bond donors (Lipinski definition) is 1. The van der Waals surface area contributed by atoms with Gasteiger partial charge in [-0.15, -0.1) is 10.2 Å². The minimum atomic E-state index is -0.322. The number of rotatable bonds is 6. The SMILES string of the molecule is CC(C)NC(=O)CSc1nnc2c(=O)n(Cc3ccc(F)cc3)ccn12. The van der Waals surface area contributed by atoms with Crippen molar-refractivity contribution >= 4 is 23.3 Å². The van der Waals surface area contributed by atoms with Crippen LogP contribution in [0.3, 0.4) is 0 Å². The van der Waals surface area contributed by atoms with Crippen LogP contribution >= 0.6 is 11.8 Å². The maximum atomic E-state index is 13.0. The van der Waals surface area contributed by atoms with Crippen LogP contribution in [0.5, 0.6) is 0 Å². The van der Waals surface area contributed by atoms with E-state index in [1.54, 1.807) is 28.9 Å². The molecular weight excluding hydrogens is 357 g/mol. The molecule has 1 aromatic carbocycles. The minimum Gasteiger partial charge on any atom is -0.353 e. The number of aromatic nitrogens is 4. The van der Waals surface area contributed by atoms with Crippen LogP contribution in [0.4, 0.5) is 4.39 Å². The Bertz CT molecular complexity index is 981. The summed E-state index contributed by atoms with van der Waals surface area (Å²) in [6, 6.07) is 6.03. The summed E-state index contributed by atoms with van der Waals surface area (Å²) in [5.41, 5.74) is 0.682. The molecule has 3 aromatic rings. The maximum absolute atomic E-state index is 13.0. The molecule has 0 unspecified atom stereocenters. The third-order valence-corrected chi connectivity index (χ3v) is 4.50. The smallest absolute Gasteiger partial charge is 0.296 e. The number of amides is 1. The Kier molecular flexibility index (Phi) is 5.36. The van der Waals surface area contributed by atoms with Gasteiger partial charge in [-0.05, 0) is 31.5 Å². The van der Waals surface area contributed by atoms with Crippen molar-refractivity contribution in [1.29, 1.82) is 0 Å². The lowest BCUT2D eigenvalue weighted by atomic mass is 10.2. The van der Waals surface area contributed by atoms with Gasteiger partial charge in [-0.3, -0.25) is 14.0 Å². The molecule has 1 amide bonds. The van der Waals surface area contributed by atoms with Crippen LogP contribution in [0.15, 0.2) is 46.6 Å². The van der Waals surface area contributed by atoms with E-state index in [4.69, 9.17) is 0 Å². The van der Waals surface area contributed by atoms with E-state index in [9.17, 15) is 14.0 Å². The molecule has 0 aliphatic carbocycles. The normalized spacial score (nSPS) is 11.2. The Hall–Kier alpha value is -2.68. The molecule has 0 fully saturated rings. The van der Waals surface area contributed by atoms with Gasteiger partial charge >= 0.3 is 0 Å². The van der Waals surface area contributed by atoms with E-state index < -0.39 is 0 Å². The molecule has 0 bridgehead atoms. The Labute approximate surface area is 153 Å². The zero-order valence-corrected chi connectivity index (χ0v) is 15.2. The van der Waals surface area contributed by atoms with Crippen molar-refractivity contribution in [3.8, 4) is 0 Å². The Morgan fingerprint density at radius 3 is 2.65 bits per heavy atom. The zero-order valence-electron chi connectivity index (χ0n) is 14.3. The Morgan fingerprint density at radius 2 is 1.96 bits per heavy atom. The van der Waals surface area contributed by atoms with Crippen molar-refractivity contribution in [2.75, 3.05) is 5.75 Å². The molecule has 0 radical (unpaired) electrons. The standard InChI is InChI=1S/C17H18FN5O2S/c1-11(2)19-14(24)10-26-17-21-20-15-16(25)22(7-8-23(15)17)9-12-3-5-13(18)6-4-12/h3-8,11H,9-10H2,1-2H3,(H,19,24). The van der Waals surface area contributed by atoms with Gasteiger partial charge in [-0.25, -0.2) is 4.39 Å². The molecule has 0 spiro atoms. The summed E-state index contributed by atoms with van der Waals surface area (Å²) >= 11 is 1.21. The van der Waals surface area contributed by atoms with E-state index in [0.717, 1.165) is 5.56 Å². The number of carbonyl (C=O) groups is 1. The van der Waals surface area contributed by atoms with E-state index in [0.29, 0.717) is 11.7 Å². The highest BCUT2D eigenvalue weighted by Gasteiger charge is 2.13. The number of benzene rings is 1. The van der Waals surface area contributed by atoms with Crippen molar-refractivity contribution in [1.82, 2.24) is 24.5 Å². The fourth-order valence-corrected chi connectivity index (χ4v) is 3.13. The van der Waals surface area contributed by atoms with Crippen molar-refractivity contribution in [2.45, 2.75) is 31.6 Å². The minimum absolute atomic E-state index is 0.0666. The van der Waals surface area contributed by atoms with E-state index in [2.05, 4.69) is 15.5 Å². The molecule has 7 nitrogen and oxygen atoms in total. The van der Waals surface area contributed by atoms with E-state index >= 15 is 0 Å². The fraction of sp³-hybridized carbons (Fsp3) is 0.294. The molecule has 136 valence electrons. The van der Waals surface area contributed by atoms with Crippen LogP contribution in [0.2, 0.25) is 0 Å². The monoisotopic (exact) mass is 375 g/mol. The van der Waals surface area contributed by atoms with E-state index in [1.807, 2.05) is 13.8 Å². The second-order valence-electron chi connectivity index (χ2n) is 6.04. The van der Waals surface area contributed by atoms with Crippen molar-refractivity contribution < 1.29 is 9.18 Å². The van der Waals surface area contributed by atoms with Crippen molar-refractivity contribution in [3.63, 3.8) is 0 Å². The predicted molar refractivity (Wildman–Crippen MR) is 96.8 cm³/mol. The Morgan fingerprint density at radius 1 is 1.23 bits per heavy atom. The zero-order chi connectivity index (χ0) is 18.7. The van der Waals surface area contributed by atoms with Crippen LogP contribution in [-0.2, 0) is 11.3 Å². The first-order valence-electron chi connectivity index (χ1n) is 8.05. The molecule has 1 N–H and O–H groups in total. The quantitative estimate of drug-likeness (QED) is 0.663. The highest BCUT2D eigenvalue weighted by Crippen LogP contribution is 2.15. The second-order valence-corrected chi connectivity index (χ2v) is 6.99. The summed E-state index contributed by atoms with van der Waals surface area (Å²) in [5.74, 6) is -0.235. The van der Waals surface area contributed by atoms with Gasteiger partial charge in [-0.1, -0.05) is 23.9 Å². The summed E-state index contributed by atoms with van der Waals surface area (Å²) in [6.45, 7) is 4.08. The summed E-state index contributed by atoms with van der Waals surface area (Å²) in [5, 5.41) is 11.2. The summed E-state index contributed by atoms with van der Waals surface area (Å²) < 4.78 is 16.0. The fourth-order valence-electron chi connectivity index (χ4n) is 2.40. The summed E-state index contributed by atoms with van der Waals surface area (Å²) in [6.07, 6.45) is 3.31. The number of nitrogens with one attached hydrogen (secondary N) is 1. The molecule has 0 saturated carbocycles. The van der Waals surface area contributed by atoms with Crippen molar-refractivity contribution in [3.05, 3.63) is 58.4 Å². The van der Waals surface area contributed by atoms with Gasteiger partial charge in [0.1, 0.15) is 5.82 Å². The van der Waals surface area contributed by atoms with Gasteiger partial charge < -0.3 is 9.88 Å². The molecule has 3 rings (SSSR count). The van der Waals surface area contributed by atoms with Gasteiger partial charge in [0.15, 0.2) is 5.16 Å². The third kappa shape index (κ3) is 4.10. The van der Waals surface area contributed by atoms with Crippen LogP contribution in [-0.4, -0.2) is 36.9 Å². The van der Waals surface area contributed by atoms with Crippen LogP contribution in [0, 0.1) is 5.82 Å². The molecule has 0 aliphatic rings. The van der Waals surface area contributed by atoms with E-state index in [-0.39, 0.29) is 34.7 Å². The van der Waals surface area contributed by atoms with Crippen LogP contribution in [0.25, 0.3) is 5.65 Å². The highest BCUT2D eigenvalue weighted by molar-refractivity contribution is 7.99. The average molecular weight is 375 g/mol. The maximum Gasteiger partial charge on any atom is 0.296 e. The number of hydrogen-bond acceptors (Lipinski definition) is 5. The molecule has 0 aliphatic heterocycles. The van der Waals surface area contributed by atoms with E-state index in [1.165, 1.54) is 28.5 Å². The number of nitrogens with zero attached hydrogens (tertiary/aromatic N) is 4. The first kappa shape index (κ1) is 18.1. The lowest BCUT2D eigenvalue weighted by Crippen LogP contribution is -2.31. The van der Waals surface area contributed by atoms with Gasteiger partial charge in [0.2, 0.25) is 11.6 Å². The highest BCUT2D eigenvalue weighted by atomic mass is 32.2. The van der Waals surface area contributed by atoms with Crippen molar-refractivity contribution in [2.24, 2.45) is 0 Å². The molecule has 9 heteroatoms. The lowest BCUT2D eigenvalue weighted by Gasteiger charge is -2.08. The van der Waals surface area contributed by atoms with Crippen LogP contribution < -0.4 is 10.9 Å². The Balaban J connectivity index is 1.79. The summed E-state index contributed by atoms with van der Waals surface area (Å²) in [4.78, 5) is 24.3. The number of halogens is 1. The lowest BCUT2D eigenvalue weighted by molar-refractivity contribution is -0.119. The number of thioether (sulfide) groups is 1. The number of fused-ring (bicyclic) bond motifs is 1. The summed E-state index contributed by atoms with van der Waals surface area (Å²) in [7, 11) is 0. The largest absolute Gasteiger partial charge is 0.353 e. The molecular formula is C17H18FN5O2S. The third-order valence-electron chi connectivity index (χ3n) is 3.56. The first-order chi connectivity index (χ1) is 12.4. The van der Waals surface area contributed by atoms with Gasteiger partial charge in [0.25, 0.3) is 5.56 Å². The molecule has 2 aromatic heterocycles. The van der Waals surface area contributed by atoms with Crippen LogP contribution in [0.1, 0.15) is 19.4 Å². The second kappa shape index (κ2) is 7.69.